The molecule has 1 heterocycles. The number of aromatic amines is 1. The van der Waals surface area contributed by atoms with Gasteiger partial charge in [-0.25, -0.2) is 4.79 Å². The number of aromatic nitrogens is 1. The number of nitrogens with one attached hydrogen (secondary N) is 4. The smallest absolute Gasteiger partial charge is 0.326 e. The fourth-order valence-corrected chi connectivity index (χ4v) is 3.86. The summed E-state index contributed by atoms with van der Waals surface area (Å²) in [5.74, 6) is -5.56. The molecule has 0 saturated heterocycles. The number of hydrogen-bond acceptors (Lipinski definition) is 8. The van der Waals surface area contributed by atoms with Crippen molar-refractivity contribution in [3.8, 4) is 0 Å². The van der Waals surface area contributed by atoms with Gasteiger partial charge < -0.3 is 48.3 Å². The molecule has 40 heavy (non-hydrogen) atoms. The lowest BCUT2D eigenvalue weighted by Gasteiger charge is -2.25. The van der Waals surface area contributed by atoms with Gasteiger partial charge in [0.2, 0.25) is 29.5 Å². The Labute approximate surface area is 229 Å². The predicted molar refractivity (Wildman–Crippen MR) is 142 cm³/mol. The molecule has 0 saturated carbocycles. The van der Waals surface area contributed by atoms with Crippen LogP contribution in [0.15, 0.2) is 30.5 Å². The minimum atomic E-state index is -1.48. The molecule has 1 aromatic carbocycles. The standard InChI is InChI=1S/C25H35N7O8/c1-12(33)21(28)24(38)30-16(6-8-19(26)34)22(36)32-18(10-13-11-29-15-5-3-2-4-14(13)15)23(37)31-17(25(39)40)7-9-20(27)35/h2-5,11-12,16-18,21,29,33H,6-10,28H2,1H3,(H2,26,34)(H2,27,35)(H,30,38)(H,31,37)(H,32,36)(H,39,40). The van der Waals surface area contributed by atoms with Gasteiger partial charge in [-0.15, -0.1) is 0 Å². The molecule has 5 amide bonds. The average molecular weight is 562 g/mol. The highest BCUT2D eigenvalue weighted by Gasteiger charge is 2.32. The monoisotopic (exact) mass is 561 g/mol. The molecule has 0 spiro atoms. The molecule has 15 nitrogen and oxygen atoms in total. The molecular weight excluding hydrogens is 526 g/mol. The number of carboxylic acid groups (broad SMARTS) is 1. The number of fused-ring (bicyclic) bond motifs is 1. The zero-order valence-electron chi connectivity index (χ0n) is 21.9. The first-order chi connectivity index (χ1) is 18.8. The molecule has 12 N–H and O–H groups in total. The summed E-state index contributed by atoms with van der Waals surface area (Å²) in [6.45, 7) is 1.28. The van der Waals surface area contributed by atoms with Crippen LogP contribution in [0.25, 0.3) is 10.9 Å². The Morgan fingerprint density at radius 3 is 1.95 bits per heavy atom. The summed E-state index contributed by atoms with van der Waals surface area (Å²) in [7, 11) is 0. The third-order valence-corrected chi connectivity index (χ3v) is 6.16. The van der Waals surface area contributed by atoms with E-state index in [-0.39, 0.29) is 32.1 Å². The molecule has 0 aliphatic rings. The van der Waals surface area contributed by atoms with E-state index in [4.69, 9.17) is 17.2 Å². The lowest BCUT2D eigenvalue weighted by molar-refractivity contribution is -0.142. The summed E-state index contributed by atoms with van der Waals surface area (Å²) in [6, 6.07) is 1.60. The summed E-state index contributed by atoms with van der Waals surface area (Å²) in [5.41, 5.74) is 17.3. The Bertz CT molecular complexity index is 1240. The van der Waals surface area contributed by atoms with Crippen LogP contribution in [0.4, 0.5) is 0 Å². The lowest BCUT2D eigenvalue weighted by atomic mass is 10.0. The van der Waals surface area contributed by atoms with Crippen molar-refractivity contribution in [1.29, 1.82) is 0 Å². The van der Waals surface area contributed by atoms with Gasteiger partial charge in [-0.3, -0.25) is 24.0 Å². The highest BCUT2D eigenvalue weighted by molar-refractivity contribution is 5.95. The number of carboxylic acids is 1. The second-order valence-corrected chi connectivity index (χ2v) is 9.36. The summed E-state index contributed by atoms with van der Waals surface area (Å²) >= 11 is 0. The number of hydrogen-bond donors (Lipinski definition) is 9. The Morgan fingerprint density at radius 2 is 1.38 bits per heavy atom. The molecule has 2 aromatic rings. The number of carbonyl (C=O) groups is 6. The summed E-state index contributed by atoms with van der Waals surface area (Å²) in [6.07, 6.45) is -0.818. The van der Waals surface area contributed by atoms with Crippen molar-refractivity contribution in [3.63, 3.8) is 0 Å². The van der Waals surface area contributed by atoms with Crippen molar-refractivity contribution in [2.45, 2.75) is 69.3 Å². The molecule has 1 aromatic heterocycles. The Hall–Kier alpha value is -4.50. The van der Waals surface area contributed by atoms with Crippen LogP contribution in [0.2, 0.25) is 0 Å². The Kier molecular flexibility index (Phi) is 11.6. The number of para-hydroxylation sites is 1. The lowest BCUT2D eigenvalue weighted by Crippen LogP contribution is -2.58. The third kappa shape index (κ3) is 9.36. The van der Waals surface area contributed by atoms with Gasteiger partial charge >= 0.3 is 5.97 Å². The number of primary amides is 2. The van der Waals surface area contributed by atoms with E-state index < -0.39 is 65.8 Å². The molecular formula is C25H35N7O8. The highest BCUT2D eigenvalue weighted by Crippen LogP contribution is 2.19. The fraction of sp³-hybridized carbons (Fsp3) is 0.440. The van der Waals surface area contributed by atoms with Crippen molar-refractivity contribution in [1.82, 2.24) is 20.9 Å². The van der Waals surface area contributed by atoms with Gasteiger partial charge in [0.25, 0.3) is 0 Å². The van der Waals surface area contributed by atoms with E-state index >= 15 is 0 Å². The summed E-state index contributed by atoms with van der Waals surface area (Å²) in [4.78, 5) is 76.3. The van der Waals surface area contributed by atoms with Gasteiger partial charge in [-0.05, 0) is 31.4 Å². The van der Waals surface area contributed by atoms with Crippen LogP contribution >= 0.6 is 0 Å². The summed E-state index contributed by atoms with van der Waals surface area (Å²) in [5, 5.41) is 27.1. The fourth-order valence-electron chi connectivity index (χ4n) is 3.86. The number of benzene rings is 1. The minimum Gasteiger partial charge on any atom is -0.480 e. The number of aliphatic hydroxyl groups is 1. The Balaban J connectivity index is 2.34. The van der Waals surface area contributed by atoms with Crippen molar-refractivity contribution >= 4 is 46.4 Å². The van der Waals surface area contributed by atoms with Crippen LogP contribution < -0.4 is 33.2 Å². The van der Waals surface area contributed by atoms with Crippen LogP contribution in [0.1, 0.15) is 38.2 Å². The van der Waals surface area contributed by atoms with Gasteiger partial charge in [0, 0.05) is 36.4 Å². The molecule has 0 aliphatic carbocycles. The minimum absolute atomic E-state index is 0.0899. The van der Waals surface area contributed by atoms with Crippen molar-refractivity contribution in [2.24, 2.45) is 17.2 Å². The maximum absolute atomic E-state index is 13.3. The van der Waals surface area contributed by atoms with Gasteiger partial charge in [0.1, 0.15) is 24.2 Å². The zero-order valence-corrected chi connectivity index (χ0v) is 21.9. The highest BCUT2D eigenvalue weighted by atomic mass is 16.4. The van der Waals surface area contributed by atoms with E-state index in [9.17, 15) is 39.0 Å². The van der Waals surface area contributed by atoms with Crippen LogP contribution in [-0.2, 0) is 35.2 Å². The molecule has 0 fully saturated rings. The van der Waals surface area contributed by atoms with E-state index in [1.54, 1.807) is 30.5 Å². The van der Waals surface area contributed by atoms with Gasteiger partial charge in [-0.1, -0.05) is 18.2 Å². The van der Waals surface area contributed by atoms with E-state index in [2.05, 4.69) is 20.9 Å². The first-order valence-corrected chi connectivity index (χ1v) is 12.5. The number of amides is 5. The number of aliphatic hydroxyl groups excluding tert-OH is 1. The number of aliphatic carboxylic acids is 1. The number of H-pyrrole nitrogens is 1. The number of carbonyl (C=O) groups excluding carboxylic acids is 5. The van der Waals surface area contributed by atoms with Crippen LogP contribution in [-0.4, -0.2) is 81.0 Å². The maximum Gasteiger partial charge on any atom is 0.326 e. The predicted octanol–water partition coefficient (Wildman–Crippen LogP) is -2.51. The molecule has 15 heteroatoms. The van der Waals surface area contributed by atoms with Gasteiger partial charge in [0.05, 0.1) is 6.10 Å². The second-order valence-electron chi connectivity index (χ2n) is 9.36. The SMILES string of the molecule is CC(O)C(N)C(=O)NC(CCC(N)=O)C(=O)NC(Cc1c[nH]c2ccccc12)C(=O)NC(CCC(N)=O)C(=O)O. The van der Waals surface area contributed by atoms with Crippen LogP contribution in [0, 0.1) is 0 Å². The second kappa shape index (κ2) is 14.6. The van der Waals surface area contributed by atoms with E-state index in [1.807, 2.05) is 0 Å². The first-order valence-electron chi connectivity index (χ1n) is 12.5. The number of nitrogens with two attached hydrogens (primary N) is 3. The first kappa shape index (κ1) is 31.7. The molecule has 0 radical (unpaired) electrons. The zero-order chi connectivity index (χ0) is 30.0. The summed E-state index contributed by atoms with van der Waals surface area (Å²) < 4.78 is 0. The largest absolute Gasteiger partial charge is 0.480 e. The molecule has 5 atom stereocenters. The molecule has 0 aliphatic heterocycles. The van der Waals surface area contributed by atoms with Crippen LogP contribution in [0.5, 0.6) is 0 Å². The van der Waals surface area contributed by atoms with E-state index in [0.717, 1.165) is 10.9 Å². The normalized spacial score (nSPS) is 14.8. The van der Waals surface area contributed by atoms with Crippen molar-refractivity contribution in [3.05, 3.63) is 36.0 Å². The average Bonchev–Trinajstić information content (AvgIpc) is 3.29. The van der Waals surface area contributed by atoms with Gasteiger partial charge in [-0.2, -0.15) is 0 Å². The third-order valence-electron chi connectivity index (χ3n) is 6.16. The molecule has 2 rings (SSSR count). The van der Waals surface area contributed by atoms with Crippen LogP contribution in [0.3, 0.4) is 0 Å². The van der Waals surface area contributed by atoms with Gasteiger partial charge in [0.15, 0.2) is 0 Å². The maximum atomic E-state index is 13.3. The van der Waals surface area contributed by atoms with E-state index in [1.165, 1.54) is 6.92 Å². The van der Waals surface area contributed by atoms with E-state index in [0.29, 0.717) is 5.56 Å². The van der Waals surface area contributed by atoms with Crippen molar-refractivity contribution in [2.75, 3.05) is 0 Å². The molecule has 5 unspecified atom stereocenters. The molecule has 218 valence electrons. The molecule has 0 bridgehead atoms. The van der Waals surface area contributed by atoms with Crippen molar-refractivity contribution < 1.29 is 39.0 Å². The quantitative estimate of drug-likeness (QED) is 0.104. The Morgan fingerprint density at radius 1 is 0.850 bits per heavy atom. The number of rotatable bonds is 16. The topological polar surface area (TPSA) is 273 Å².